The monoisotopic (exact) mass is 234 g/mol. The van der Waals surface area contributed by atoms with Crippen LogP contribution in [0, 0.1) is 11.3 Å². The molecule has 1 unspecified atom stereocenters. The van der Waals surface area contributed by atoms with Crippen molar-refractivity contribution in [3.8, 4) is 0 Å². The smallest absolute Gasteiger partial charge is 0.312 e. The maximum atomic E-state index is 11.9. The lowest BCUT2D eigenvalue weighted by Crippen LogP contribution is -2.30. The van der Waals surface area contributed by atoms with Gasteiger partial charge in [0.05, 0.1) is 13.0 Å². The molecule has 0 aromatic heterocycles. The molecule has 0 radical (unpaired) electrons. The predicted octanol–water partition coefficient (Wildman–Crippen LogP) is 2.42. The van der Waals surface area contributed by atoms with E-state index in [4.69, 9.17) is 4.74 Å². The van der Waals surface area contributed by atoms with Crippen molar-refractivity contribution in [2.75, 3.05) is 7.11 Å². The van der Waals surface area contributed by atoms with E-state index in [0.717, 1.165) is 17.6 Å². The van der Waals surface area contributed by atoms with Gasteiger partial charge < -0.3 is 4.74 Å². The average Bonchev–Trinajstić information content (AvgIpc) is 2.33. The summed E-state index contributed by atoms with van der Waals surface area (Å²) in [4.78, 5) is 23.4. The van der Waals surface area contributed by atoms with Crippen molar-refractivity contribution in [1.29, 1.82) is 0 Å². The standard InChI is InChI=1S/C14H18O3/c1-14(2)7-6-12(15)10-8-9(13(16)17-3)4-5-11(10)14/h4-5,9H,6-8H2,1-3H3. The fourth-order valence-electron chi connectivity index (χ4n) is 2.63. The Bertz CT molecular complexity index is 427. The van der Waals surface area contributed by atoms with Crippen molar-refractivity contribution >= 4 is 11.8 Å². The molecule has 0 saturated carbocycles. The molecule has 2 aliphatic rings. The number of carbonyl (C=O) groups is 2. The number of ether oxygens (including phenoxy) is 1. The third-order valence-electron chi connectivity index (χ3n) is 3.79. The van der Waals surface area contributed by atoms with Crippen molar-refractivity contribution in [3.63, 3.8) is 0 Å². The van der Waals surface area contributed by atoms with E-state index in [1.807, 2.05) is 12.2 Å². The van der Waals surface area contributed by atoms with Gasteiger partial charge in [-0.3, -0.25) is 9.59 Å². The topological polar surface area (TPSA) is 43.4 Å². The molecule has 1 atom stereocenters. The van der Waals surface area contributed by atoms with Crippen LogP contribution in [0.25, 0.3) is 0 Å². The zero-order valence-electron chi connectivity index (χ0n) is 10.6. The molecular weight excluding hydrogens is 216 g/mol. The van der Waals surface area contributed by atoms with E-state index >= 15 is 0 Å². The molecule has 0 aliphatic heterocycles. The molecule has 17 heavy (non-hydrogen) atoms. The molecule has 92 valence electrons. The molecule has 2 aliphatic carbocycles. The number of methoxy groups -OCH3 is 1. The van der Waals surface area contributed by atoms with Crippen LogP contribution >= 0.6 is 0 Å². The summed E-state index contributed by atoms with van der Waals surface area (Å²) >= 11 is 0. The Morgan fingerprint density at radius 1 is 1.47 bits per heavy atom. The summed E-state index contributed by atoms with van der Waals surface area (Å²) in [6, 6.07) is 0. The number of rotatable bonds is 1. The zero-order chi connectivity index (χ0) is 12.6. The number of hydrogen-bond donors (Lipinski definition) is 0. The Hall–Kier alpha value is -1.38. The average molecular weight is 234 g/mol. The lowest BCUT2D eigenvalue weighted by molar-refractivity contribution is -0.143. The minimum atomic E-state index is -0.295. The first-order valence-corrected chi connectivity index (χ1v) is 5.98. The van der Waals surface area contributed by atoms with Crippen molar-refractivity contribution in [2.24, 2.45) is 11.3 Å². The minimum absolute atomic E-state index is 0.0425. The first-order chi connectivity index (χ1) is 7.95. The van der Waals surface area contributed by atoms with Crippen LogP contribution in [-0.2, 0) is 14.3 Å². The maximum Gasteiger partial charge on any atom is 0.312 e. The Kier molecular flexibility index (Phi) is 2.94. The fraction of sp³-hybridized carbons (Fsp3) is 0.571. The van der Waals surface area contributed by atoms with Crippen molar-refractivity contribution in [1.82, 2.24) is 0 Å². The highest BCUT2D eigenvalue weighted by molar-refractivity contribution is 5.99. The van der Waals surface area contributed by atoms with E-state index in [-0.39, 0.29) is 23.1 Å². The Morgan fingerprint density at radius 3 is 2.82 bits per heavy atom. The molecule has 0 aromatic rings. The molecule has 0 bridgehead atoms. The fourth-order valence-corrected chi connectivity index (χ4v) is 2.63. The van der Waals surface area contributed by atoms with Crippen LogP contribution < -0.4 is 0 Å². The van der Waals surface area contributed by atoms with Crippen LogP contribution in [-0.4, -0.2) is 18.9 Å². The number of hydrogen-bond acceptors (Lipinski definition) is 3. The van der Waals surface area contributed by atoms with E-state index < -0.39 is 0 Å². The Morgan fingerprint density at radius 2 is 2.18 bits per heavy atom. The normalized spacial score (nSPS) is 26.8. The van der Waals surface area contributed by atoms with E-state index in [2.05, 4.69) is 13.8 Å². The van der Waals surface area contributed by atoms with Gasteiger partial charge in [-0.15, -0.1) is 0 Å². The lowest BCUT2D eigenvalue weighted by atomic mass is 9.68. The SMILES string of the molecule is COC(=O)C1C=CC2=C(C1)C(=O)CCC2(C)C. The molecule has 0 N–H and O–H groups in total. The number of carbonyl (C=O) groups excluding carboxylic acids is 2. The maximum absolute atomic E-state index is 11.9. The highest BCUT2D eigenvalue weighted by Gasteiger charge is 2.36. The van der Waals surface area contributed by atoms with Crippen molar-refractivity contribution in [3.05, 3.63) is 23.3 Å². The molecule has 2 rings (SSSR count). The first kappa shape index (κ1) is 12.1. The first-order valence-electron chi connectivity index (χ1n) is 5.98. The van der Waals surface area contributed by atoms with Gasteiger partial charge in [-0.2, -0.15) is 0 Å². The highest BCUT2D eigenvalue weighted by atomic mass is 16.5. The van der Waals surface area contributed by atoms with E-state index in [1.54, 1.807) is 0 Å². The second-order valence-electron chi connectivity index (χ2n) is 5.39. The molecule has 0 fully saturated rings. The largest absolute Gasteiger partial charge is 0.469 e. The second kappa shape index (κ2) is 4.13. The van der Waals surface area contributed by atoms with Crippen LogP contribution in [0.5, 0.6) is 0 Å². The van der Waals surface area contributed by atoms with Gasteiger partial charge in [0.1, 0.15) is 0 Å². The van der Waals surface area contributed by atoms with E-state index in [0.29, 0.717) is 12.8 Å². The van der Waals surface area contributed by atoms with Crippen molar-refractivity contribution in [2.45, 2.75) is 33.1 Å². The van der Waals surface area contributed by atoms with E-state index in [1.165, 1.54) is 7.11 Å². The summed E-state index contributed by atoms with van der Waals surface area (Å²) in [6.07, 6.45) is 5.79. The van der Waals surface area contributed by atoms with Crippen LogP contribution in [0.1, 0.15) is 33.1 Å². The van der Waals surface area contributed by atoms with E-state index in [9.17, 15) is 9.59 Å². The quantitative estimate of drug-likeness (QED) is 0.654. The zero-order valence-corrected chi connectivity index (χ0v) is 10.6. The number of allylic oxidation sites excluding steroid dienone is 3. The molecule has 0 heterocycles. The van der Waals surface area contributed by atoms with Gasteiger partial charge in [0, 0.05) is 6.42 Å². The Labute approximate surface area is 102 Å². The summed E-state index contributed by atoms with van der Waals surface area (Å²) < 4.78 is 4.73. The Balaban J connectivity index is 2.33. The molecule has 3 nitrogen and oxygen atoms in total. The summed E-state index contributed by atoms with van der Waals surface area (Å²) in [5, 5.41) is 0. The molecular formula is C14H18O3. The third-order valence-corrected chi connectivity index (χ3v) is 3.79. The van der Waals surface area contributed by atoms with Gasteiger partial charge in [-0.25, -0.2) is 0 Å². The van der Waals surface area contributed by atoms with Gasteiger partial charge in [0.25, 0.3) is 0 Å². The molecule has 3 heteroatoms. The second-order valence-corrected chi connectivity index (χ2v) is 5.39. The minimum Gasteiger partial charge on any atom is -0.469 e. The summed E-state index contributed by atoms with van der Waals surface area (Å²) in [7, 11) is 1.38. The molecule has 0 aromatic carbocycles. The molecule has 0 spiro atoms. The lowest BCUT2D eigenvalue weighted by Gasteiger charge is -2.35. The summed E-state index contributed by atoms with van der Waals surface area (Å²) in [5.41, 5.74) is 1.98. The van der Waals surface area contributed by atoms with Gasteiger partial charge in [-0.05, 0) is 29.4 Å². The molecule has 0 amide bonds. The van der Waals surface area contributed by atoms with Gasteiger partial charge in [-0.1, -0.05) is 26.0 Å². The van der Waals surface area contributed by atoms with Gasteiger partial charge in [0.2, 0.25) is 0 Å². The predicted molar refractivity (Wildman–Crippen MR) is 64.3 cm³/mol. The number of esters is 1. The number of ketones is 1. The molecule has 0 saturated heterocycles. The van der Waals surface area contributed by atoms with Crippen LogP contribution in [0.4, 0.5) is 0 Å². The third kappa shape index (κ3) is 2.06. The van der Waals surface area contributed by atoms with Crippen LogP contribution in [0.2, 0.25) is 0 Å². The van der Waals surface area contributed by atoms with Crippen LogP contribution in [0.3, 0.4) is 0 Å². The number of Topliss-reactive ketones (excluding diaryl/α,β-unsaturated/α-hetero) is 1. The summed E-state index contributed by atoms with van der Waals surface area (Å²) in [5.74, 6) is -0.363. The van der Waals surface area contributed by atoms with Crippen LogP contribution in [0.15, 0.2) is 23.3 Å². The van der Waals surface area contributed by atoms with Gasteiger partial charge >= 0.3 is 5.97 Å². The summed E-state index contributed by atoms with van der Waals surface area (Å²) in [6.45, 7) is 4.30. The van der Waals surface area contributed by atoms with Crippen molar-refractivity contribution < 1.29 is 14.3 Å². The highest BCUT2D eigenvalue weighted by Crippen LogP contribution is 2.43. The van der Waals surface area contributed by atoms with Gasteiger partial charge in [0.15, 0.2) is 5.78 Å².